The molecule has 146 valence electrons. The van der Waals surface area contributed by atoms with Gasteiger partial charge in [-0.25, -0.2) is 4.98 Å². The first-order valence-electron chi connectivity index (χ1n) is 9.51. The third-order valence-electron chi connectivity index (χ3n) is 4.71. The first kappa shape index (κ1) is 19.5. The van der Waals surface area contributed by atoms with Crippen molar-refractivity contribution < 1.29 is 4.74 Å². The number of hydrogen-bond acceptors (Lipinski definition) is 6. The summed E-state index contributed by atoms with van der Waals surface area (Å²) in [4.78, 5) is 8.23. The maximum atomic E-state index is 5.26. The molecule has 1 fully saturated rings. The van der Waals surface area contributed by atoms with E-state index in [2.05, 4.69) is 64.1 Å². The molecule has 0 saturated heterocycles. The molecule has 6 heteroatoms. The molecule has 1 aromatic heterocycles. The number of ether oxygens (including phenoxy) is 1. The molecule has 0 spiro atoms. The van der Waals surface area contributed by atoms with E-state index in [9.17, 15) is 0 Å². The Morgan fingerprint density at radius 2 is 2.07 bits per heavy atom. The Morgan fingerprint density at radius 3 is 2.86 bits per heavy atom. The van der Waals surface area contributed by atoms with Crippen LogP contribution in [0.3, 0.4) is 0 Å². The van der Waals surface area contributed by atoms with Crippen LogP contribution in [0.25, 0.3) is 15.9 Å². The lowest BCUT2D eigenvalue weighted by molar-refractivity contribution is 0.180. The summed E-state index contributed by atoms with van der Waals surface area (Å²) in [6, 6.07) is 17.1. The average molecular weight is 412 g/mol. The molecule has 1 N–H and O–H groups in total. The van der Waals surface area contributed by atoms with E-state index in [0.717, 1.165) is 30.2 Å². The molecule has 1 saturated carbocycles. The predicted molar refractivity (Wildman–Crippen MR) is 119 cm³/mol. The van der Waals surface area contributed by atoms with Crippen molar-refractivity contribution >= 4 is 39.2 Å². The molecule has 0 bridgehead atoms. The third-order valence-corrected chi connectivity index (χ3v) is 6.52. The fraction of sp³-hybridized carbons (Fsp3) is 0.318. The van der Waals surface area contributed by atoms with Gasteiger partial charge >= 0.3 is 0 Å². The first-order valence-corrected chi connectivity index (χ1v) is 11.1. The van der Waals surface area contributed by atoms with Gasteiger partial charge in [0.15, 0.2) is 0 Å². The Bertz CT molecular complexity index is 944. The van der Waals surface area contributed by atoms with Crippen LogP contribution in [0, 0.1) is 0 Å². The number of benzene rings is 2. The quantitative estimate of drug-likeness (QED) is 0.491. The van der Waals surface area contributed by atoms with Crippen LogP contribution in [0.5, 0.6) is 0 Å². The van der Waals surface area contributed by atoms with E-state index in [1.165, 1.54) is 33.7 Å². The second kappa shape index (κ2) is 9.09. The van der Waals surface area contributed by atoms with E-state index >= 15 is 0 Å². The number of methoxy groups -OCH3 is 1. The van der Waals surface area contributed by atoms with Crippen LogP contribution < -0.4 is 4.72 Å². The molecule has 0 aliphatic heterocycles. The molecule has 0 amide bonds. The van der Waals surface area contributed by atoms with Crippen molar-refractivity contribution in [3.05, 3.63) is 64.7 Å². The standard InChI is InChI=1S/C22H25N3OS2/c1-25(12-13-26-2)22(16-10-11-16)17-6-5-7-18(14-17)28-23-15-21-24-19-8-3-4-9-20(19)27-21/h3-9,14,23H,10-13,15H2,1-2H3. The first-order chi connectivity index (χ1) is 13.7. The van der Waals surface area contributed by atoms with Gasteiger partial charge in [0.25, 0.3) is 0 Å². The van der Waals surface area contributed by atoms with E-state index in [1.807, 2.05) is 6.07 Å². The molecule has 1 aliphatic rings. The van der Waals surface area contributed by atoms with E-state index in [4.69, 9.17) is 4.74 Å². The number of allylic oxidation sites excluding steroid dienone is 1. The van der Waals surface area contributed by atoms with Crippen molar-refractivity contribution in [3.63, 3.8) is 0 Å². The summed E-state index contributed by atoms with van der Waals surface area (Å²) in [7, 11) is 3.91. The van der Waals surface area contributed by atoms with Crippen molar-refractivity contribution in [2.24, 2.45) is 0 Å². The summed E-state index contributed by atoms with van der Waals surface area (Å²) >= 11 is 3.42. The zero-order valence-corrected chi connectivity index (χ0v) is 17.9. The van der Waals surface area contributed by atoms with E-state index in [1.54, 1.807) is 36.0 Å². The predicted octanol–water partition coefficient (Wildman–Crippen LogP) is 5.18. The number of rotatable bonds is 9. The molecule has 1 heterocycles. The molecule has 4 nitrogen and oxygen atoms in total. The number of likely N-dealkylation sites (N-methyl/N-ethyl adjacent to an activating group) is 1. The van der Waals surface area contributed by atoms with Gasteiger partial charge in [-0.15, -0.1) is 11.3 Å². The minimum atomic E-state index is 0.742. The lowest BCUT2D eigenvalue weighted by Gasteiger charge is -2.23. The average Bonchev–Trinajstić information content (AvgIpc) is 3.44. The summed E-state index contributed by atoms with van der Waals surface area (Å²) in [6.07, 6.45) is 2.42. The summed E-state index contributed by atoms with van der Waals surface area (Å²) in [6.45, 7) is 2.41. The van der Waals surface area contributed by atoms with E-state index < -0.39 is 0 Å². The molecule has 1 aliphatic carbocycles. The fourth-order valence-electron chi connectivity index (χ4n) is 3.22. The number of nitrogens with zero attached hydrogens (tertiary/aromatic N) is 2. The van der Waals surface area contributed by atoms with Gasteiger partial charge in [-0.3, -0.25) is 4.72 Å². The van der Waals surface area contributed by atoms with Crippen molar-refractivity contribution in [1.82, 2.24) is 14.6 Å². The highest BCUT2D eigenvalue weighted by molar-refractivity contribution is 7.97. The summed E-state index contributed by atoms with van der Waals surface area (Å²) in [5, 5.41) is 1.12. The number of hydrogen-bond donors (Lipinski definition) is 1. The van der Waals surface area contributed by atoms with Gasteiger partial charge in [-0.2, -0.15) is 0 Å². The highest BCUT2D eigenvalue weighted by atomic mass is 32.2. The molecular weight excluding hydrogens is 386 g/mol. The molecule has 4 rings (SSSR count). The molecule has 28 heavy (non-hydrogen) atoms. The number of para-hydroxylation sites is 1. The van der Waals surface area contributed by atoms with Crippen LogP contribution in [0.4, 0.5) is 0 Å². The molecule has 3 aromatic rings. The van der Waals surface area contributed by atoms with Gasteiger partial charge in [0, 0.05) is 31.3 Å². The Hall–Kier alpha value is -1.86. The topological polar surface area (TPSA) is 37.4 Å². The largest absolute Gasteiger partial charge is 0.383 e. The molecular formula is C22H25N3OS2. The number of nitrogens with one attached hydrogen (secondary N) is 1. The van der Waals surface area contributed by atoms with E-state index in [-0.39, 0.29) is 0 Å². The van der Waals surface area contributed by atoms with Crippen LogP contribution in [0.1, 0.15) is 23.4 Å². The van der Waals surface area contributed by atoms with Crippen LogP contribution in [0.2, 0.25) is 0 Å². The minimum Gasteiger partial charge on any atom is -0.383 e. The number of fused-ring (bicyclic) bond motifs is 1. The summed E-state index contributed by atoms with van der Waals surface area (Å²) in [5.74, 6) is 0. The highest BCUT2D eigenvalue weighted by Crippen LogP contribution is 2.38. The van der Waals surface area contributed by atoms with Crippen molar-refractivity contribution in [2.45, 2.75) is 24.3 Å². The number of aromatic nitrogens is 1. The Kier molecular flexibility index (Phi) is 6.32. The van der Waals surface area contributed by atoms with Crippen LogP contribution in [0.15, 0.2) is 59.0 Å². The second-order valence-electron chi connectivity index (χ2n) is 6.89. The SMILES string of the molecule is COCCN(C)C(=C1CC1)c1cccc(SNCc2nc3ccccc3s2)c1. The van der Waals surface area contributed by atoms with Crippen molar-refractivity contribution in [2.75, 3.05) is 27.3 Å². The van der Waals surface area contributed by atoms with Gasteiger partial charge in [-0.1, -0.05) is 24.3 Å². The number of thiazole rings is 1. The molecule has 0 radical (unpaired) electrons. The smallest absolute Gasteiger partial charge is 0.109 e. The monoisotopic (exact) mass is 411 g/mol. The summed E-state index contributed by atoms with van der Waals surface area (Å²) < 4.78 is 9.97. The lowest BCUT2D eigenvalue weighted by atomic mass is 10.1. The van der Waals surface area contributed by atoms with Gasteiger partial charge in [0.2, 0.25) is 0 Å². The molecule has 2 aromatic carbocycles. The van der Waals surface area contributed by atoms with Gasteiger partial charge in [0.05, 0.1) is 23.4 Å². The zero-order valence-electron chi connectivity index (χ0n) is 16.3. The van der Waals surface area contributed by atoms with Crippen molar-refractivity contribution in [3.8, 4) is 0 Å². The second-order valence-corrected chi connectivity index (χ2v) is 8.97. The van der Waals surface area contributed by atoms with Gasteiger partial charge < -0.3 is 9.64 Å². The highest BCUT2D eigenvalue weighted by Gasteiger charge is 2.22. The van der Waals surface area contributed by atoms with Crippen LogP contribution in [-0.2, 0) is 11.3 Å². The molecule has 0 atom stereocenters. The summed E-state index contributed by atoms with van der Waals surface area (Å²) in [5.41, 5.74) is 5.28. The van der Waals surface area contributed by atoms with Gasteiger partial charge in [-0.05, 0) is 60.2 Å². The third kappa shape index (κ3) is 4.75. The zero-order chi connectivity index (χ0) is 19.3. The fourth-order valence-corrected chi connectivity index (χ4v) is 4.92. The normalized spacial score (nSPS) is 13.1. The van der Waals surface area contributed by atoms with Crippen molar-refractivity contribution in [1.29, 1.82) is 0 Å². The Morgan fingerprint density at radius 1 is 1.21 bits per heavy atom. The van der Waals surface area contributed by atoms with E-state index in [0.29, 0.717) is 0 Å². The maximum absolute atomic E-state index is 5.26. The van der Waals surface area contributed by atoms with Crippen LogP contribution >= 0.6 is 23.3 Å². The van der Waals surface area contributed by atoms with Crippen LogP contribution in [-0.4, -0.2) is 37.2 Å². The molecule has 0 unspecified atom stereocenters. The Labute approximate surface area is 174 Å². The Balaban J connectivity index is 1.41. The van der Waals surface area contributed by atoms with Gasteiger partial charge in [0.1, 0.15) is 5.01 Å². The minimum absolute atomic E-state index is 0.742. The lowest BCUT2D eigenvalue weighted by Crippen LogP contribution is -2.21. The maximum Gasteiger partial charge on any atom is 0.109 e.